The number of anilines is 2. The molecular formula is C23H30N4O3. The molecule has 0 spiro atoms. The second-order valence-corrected chi connectivity index (χ2v) is 7.32. The number of nitrogens with one attached hydrogen (secondary N) is 1. The van der Waals surface area contributed by atoms with Gasteiger partial charge in [0.25, 0.3) is 5.91 Å². The van der Waals surface area contributed by atoms with E-state index in [2.05, 4.69) is 35.1 Å². The van der Waals surface area contributed by atoms with Crippen LogP contribution in [0.25, 0.3) is 0 Å². The molecule has 30 heavy (non-hydrogen) atoms. The van der Waals surface area contributed by atoms with E-state index in [4.69, 9.17) is 4.74 Å². The maximum absolute atomic E-state index is 13.0. The Morgan fingerprint density at radius 2 is 1.97 bits per heavy atom. The number of pyridine rings is 1. The molecule has 0 radical (unpaired) electrons. The molecule has 7 heteroatoms. The first kappa shape index (κ1) is 21.6. The minimum absolute atomic E-state index is 0.178. The van der Waals surface area contributed by atoms with Gasteiger partial charge >= 0.3 is 6.09 Å². The van der Waals surface area contributed by atoms with Crippen molar-refractivity contribution in [3.63, 3.8) is 0 Å². The molecule has 2 heterocycles. The lowest BCUT2D eigenvalue weighted by Gasteiger charge is -2.28. The molecule has 0 fully saturated rings. The van der Waals surface area contributed by atoms with E-state index in [0.29, 0.717) is 31.7 Å². The fraction of sp³-hybridized carbons (Fsp3) is 0.435. The van der Waals surface area contributed by atoms with Crippen LogP contribution >= 0.6 is 0 Å². The highest BCUT2D eigenvalue weighted by Gasteiger charge is 2.25. The van der Waals surface area contributed by atoms with Crippen LogP contribution in [0.2, 0.25) is 0 Å². The standard InChI is InChI=1S/C23H30N4O3/c1-5-26(6-2)18-8-9-21(16(4)12-18)25-22(28)20-14-24-13-17-15-27(11-10-19(17)20)23(29)30-7-3/h8-9,12-14H,5-7,10-11,15H2,1-4H3,(H,25,28). The molecular weight excluding hydrogens is 380 g/mol. The van der Waals surface area contributed by atoms with Crippen LogP contribution in [0.4, 0.5) is 16.2 Å². The molecule has 160 valence electrons. The van der Waals surface area contributed by atoms with Crippen LogP contribution in [0.5, 0.6) is 0 Å². The molecule has 0 atom stereocenters. The van der Waals surface area contributed by atoms with Crippen molar-refractivity contribution < 1.29 is 14.3 Å². The van der Waals surface area contributed by atoms with Crippen LogP contribution in [0, 0.1) is 6.92 Å². The lowest BCUT2D eigenvalue weighted by molar-refractivity contribution is 0.101. The van der Waals surface area contributed by atoms with Crippen molar-refractivity contribution in [1.82, 2.24) is 9.88 Å². The van der Waals surface area contributed by atoms with Gasteiger partial charge in [-0.15, -0.1) is 0 Å². The number of aryl methyl sites for hydroxylation is 1. The van der Waals surface area contributed by atoms with Gasteiger partial charge in [0.1, 0.15) is 0 Å². The number of carbonyl (C=O) groups is 2. The van der Waals surface area contributed by atoms with Gasteiger partial charge in [0.05, 0.1) is 18.7 Å². The van der Waals surface area contributed by atoms with E-state index in [9.17, 15) is 9.59 Å². The Hall–Kier alpha value is -3.09. The molecule has 3 rings (SSSR count). The predicted molar refractivity (Wildman–Crippen MR) is 118 cm³/mol. The van der Waals surface area contributed by atoms with Crippen LogP contribution in [0.15, 0.2) is 30.6 Å². The van der Waals surface area contributed by atoms with Gasteiger partial charge in [-0.2, -0.15) is 0 Å². The molecule has 0 aliphatic carbocycles. The number of benzene rings is 1. The Morgan fingerprint density at radius 3 is 2.63 bits per heavy atom. The maximum atomic E-state index is 13.0. The van der Waals surface area contributed by atoms with Crippen molar-refractivity contribution >= 4 is 23.4 Å². The van der Waals surface area contributed by atoms with Crippen molar-refractivity contribution in [3.8, 4) is 0 Å². The zero-order valence-electron chi connectivity index (χ0n) is 18.2. The van der Waals surface area contributed by atoms with E-state index in [0.717, 1.165) is 41.2 Å². The molecule has 1 aromatic carbocycles. The third kappa shape index (κ3) is 4.56. The van der Waals surface area contributed by atoms with Crippen molar-refractivity contribution in [2.45, 2.75) is 40.7 Å². The number of hydrogen-bond acceptors (Lipinski definition) is 5. The number of aromatic nitrogens is 1. The highest BCUT2D eigenvalue weighted by molar-refractivity contribution is 6.05. The van der Waals surface area contributed by atoms with Crippen molar-refractivity contribution in [2.24, 2.45) is 0 Å². The molecule has 1 aliphatic rings. The minimum atomic E-state index is -0.332. The number of ether oxygens (including phenoxy) is 1. The Bertz CT molecular complexity index is 925. The molecule has 1 aromatic heterocycles. The molecule has 2 aromatic rings. The van der Waals surface area contributed by atoms with Gasteiger partial charge in [-0.3, -0.25) is 9.78 Å². The van der Waals surface area contributed by atoms with Crippen molar-refractivity contribution in [1.29, 1.82) is 0 Å². The summed E-state index contributed by atoms with van der Waals surface area (Å²) in [5.74, 6) is -0.178. The zero-order valence-corrected chi connectivity index (χ0v) is 18.2. The van der Waals surface area contributed by atoms with Gasteiger partial charge in [0.15, 0.2) is 0 Å². The topological polar surface area (TPSA) is 74.8 Å². The number of rotatable bonds is 6. The summed E-state index contributed by atoms with van der Waals surface area (Å²) in [5.41, 5.74) is 5.34. The van der Waals surface area contributed by atoms with Crippen LogP contribution in [0.1, 0.15) is 47.8 Å². The quantitative estimate of drug-likeness (QED) is 0.779. The van der Waals surface area contributed by atoms with Gasteiger partial charge in [0.2, 0.25) is 0 Å². The Kier molecular flexibility index (Phi) is 6.92. The Balaban J connectivity index is 1.78. The summed E-state index contributed by atoms with van der Waals surface area (Å²) in [6.45, 7) is 11.2. The molecule has 0 saturated heterocycles. The Morgan fingerprint density at radius 1 is 1.20 bits per heavy atom. The highest BCUT2D eigenvalue weighted by atomic mass is 16.6. The van der Waals surface area contributed by atoms with Gasteiger partial charge in [-0.1, -0.05) is 0 Å². The second-order valence-electron chi connectivity index (χ2n) is 7.32. The first-order valence-corrected chi connectivity index (χ1v) is 10.5. The van der Waals surface area contributed by atoms with E-state index >= 15 is 0 Å². The second kappa shape index (κ2) is 9.61. The number of carbonyl (C=O) groups excluding carboxylic acids is 2. The third-order valence-electron chi connectivity index (χ3n) is 5.50. The van der Waals surface area contributed by atoms with E-state index in [1.165, 1.54) is 0 Å². The zero-order chi connectivity index (χ0) is 21.7. The first-order chi connectivity index (χ1) is 14.5. The number of fused-ring (bicyclic) bond motifs is 1. The molecule has 1 N–H and O–H groups in total. The average molecular weight is 411 g/mol. The fourth-order valence-corrected chi connectivity index (χ4v) is 3.82. The van der Waals surface area contributed by atoms with Gasteiger partial charge < -0.3 is 19.9 Å². The molecule has 2 amide bonds. The SMILES string of the molecule is CCOC(=O)N1CCc2c(cncc2C(=O)Nc2ccc(N(CC)CC)cc2C)C1. The van der Waals surface area contributed by atoms with Crippen LogP contribution in [0.3, 0.4) is 0 Å². The molecule has 0 bridgehead atoms. The summed E-state index contributed by atoms with van der Waals surface area (Å²) in [5, 5.41) is 3.03. The number of amides is 2. The highest BCUT2D eigenvalue weighted by Crippen LogP contribution is 2.26. The third-order valence-corrected chi connectivity index (χ3v) is 5.50. The molecule has 0 saturated carbocycles. The van der Waals surface area contributed by atoms with Gasteiger partial charge in [-0.25, -0.2) is 4.79 Å². The summed E-state index contributed by atoms with van der Waals surface area (Å²) in [6, 6.07) is 6.08. The average Bonchev–Trinajstić information content (AvgIpc) is 2.75. The van der Waals surface area contributed by atoms with Crippen LogP contribution in [-0.4, -0.2) is 48.1 Å². The monoisotopic (exact) mass is 410 g/mol. The van der Waals surface area contributed by atoms with Crippen LogP contribution in [-0.2, 0) is 17.7 Å². The van der Waals surface area contributed by atoms with Gasteiger partial charge in [-0.05, 0) is 69.0 Å². The van der Waals surface area contributed by atoms with E-state index in [1.807, 2.05) is 19.1 Å². The van der Waals surface area contributed by atoms with E-state index in [1.54, 1.807) is 24.2 Å². The molecule has 1 aliphatic heterocycles. The lowest BCUT2D eigenvalue weighted by atomic mass is 9.97. The summed E-state index contributed by atoms with van der Waals surface area (Å²) < 4.78 is 5.09. The summed E-state index contributed by atoms with van der Waals surface area (Å²) in [6.07, 6.45) is 3.59. The smallest absolute Gasteiger partial charge is 0.410 e. The van der Waals surface area contributed by atoms with Crippen LogP contribution < -0.4 is 10.2 Å². The molecule has 7 nitrogen and oxygen atoms in total. The summed E-state index contributed by atoms with van der Waals surface area (Å²) in [7, 11) is 0. The summed E-state index contributed by atoms with van der Waals surface area (Å²) in [4.78, 5) is 33.2. The fourth-order valence-electron chi connectivity index (χ4n) is 3.82. The summed E-state index contributed by atoms with van der Waals surface area (Å²) >= 11 is 0. The molecule has 0 unspecified atom stereocenters. The van der Waals surface area contributed by atoms with E-state index in [-0.39, 0.29) is 12.0 Å². The number of hydrogen-bond donors (Lipinski definition) is 1. The predicted octanol–water partition coefficient (Wildman–Crippen LogP) is 4.00. The van der Waals surface area contributed by atoms with E-state index < -0.39 is 0 Å². The van der Waals surface area contributed by atoms with Gasteiger partial charge in [0, 0.05) is 43.4 Å². The Labute approximate surface area is 178 Å². The minimum Gasteiger partial charge on any atom is -0.450 e. The normalized spacial score (nSPS) is 12.9. The van der Waals surface area contributed by atoms with Crippen molar-refractivity contribution in [3.05, 3.63) is 52.8 Å². The largest absolute Gasteiger partial charge is 0.450 e. The maximum Gasteiger partial charge on any atom is 0.410 e. The van der Waals surface area contributed by atoms with Crippen molar-refractivity contribution in [2.75, 3.05) is 36.5 Å². The number of nitrogens with zero attached hydrogens (tertiary/aromatic N) is 3. The lowest BCUT2D eigenvalue weighted by Crippen LogP contribution is -2.37. The first-order valence-electron chi connectivity index (χ1n) is 10.5.